The van der Waals surface area contributed by atoms with E-state index in [2.05, 4.69) is 90.9 Å². The summed E-state index contributed by atoms with van der Waals surface area (Å²) in [7, 11) is 0. The van der Waals surface area contributed by atoms with Gasteiger partial charge in [0, 0.05) is 34.8 Å². The Hall–Kier alpha value is -3.72. The summed E-state index contributed by atoms with van der Waals surface area (Å²) in [4.78, 5) is 18.4. The molecule has 0 unspecified atom stereocenters. The molecule has 2 aliphatic rings. The lowest BCUT2D eigenvalue weighted by Crippen LogP contribution is -2.29. The maximum atomic E-state index is 13.8. The van der Waals surface area contributed by atoms with Gasteiger partial charge in [0.25, 0.3) is 0 Å². The zero-order valence-electron chi connectivity index (χ0n) is 19.6. The highest BCUT2D eigenvalue weighted by Crippen LogP contribution is 2.50. The zero-order chi connectivity index (χ0) is 23.2. The number of carbonyl (C=O) groups is 1. The maximum Gasteiger partial charge on any atom is 0.162 e. The van der Waals surface area contributed by atoms with Gasteiger partial charge in [-0.3, -0.25) is 9.78 Å². The SMILES string of the molecule is CC(C)c1ccc([C@@H]2Nc3ccc4ncccc4c3C3=C2C(=O)C[C@@H](c2ccccc2)C3)cc1. The van der Waals surface area contributed by atoms with Crippen molar-refractivity contribution < 1.29 is 4.79 Å². The molecule has 0 amide bonds. The molecule has 1 aliphatic carbocycles. The molecule has 168 valence electrons. The molecule has 1 aromatic heterocycles. The average molecular weight is 445 g/mol. The molecule has 3 nitrogen and oxygen atoms in total. The molecule has 0 fully saturated rings. The topological polar surface area (TPSA) is 42.0 Å². The summed E-state index contributed by atoms with van der Waals surface area (Å²) in [6, 6.07) is 27.4. The highest BCUT2D eigenvalue weighted by atomic mass is 16.1. The van der Waals surface area contributed by atoms with E-state index in [1.807, 2.05) is 18.3 Å². The van der Waals surface area contributed by atoms with Crippen LogP contribution in [0.4, 0.5) is 5.69 Å². The number of hydrogen-bond donors (Lipinski definition) is 1. The van der Waals surface area contributed by atoms with E-state index in [0.717, 1.165) is 39.7 Å². The monoisotopic (exact) mass is 444 g/mol. The highest BCUT2D eigenvalue weighted by molar-refractivity contribution is 6.12. The van der Waals surface area contributed by atoms with Crippen molar-refractivity contribution in [1.82, 2.24) is 4.98 Å². The molecule has 2 atom stereocenters. The number of carbonyl (C=O) groups excluding carboxylic acids is 1. The van der Waals surface area contributed by atoms with Crippen molar-refractivity contribution in [2.45, 2.75) is 44.6 Å². The second-order valence-corrected chi connectivity index (χ2v) is 9.79. The van der Waals surface area contributed by atoms with Crippen molar-refractivity contribution in [3.63, 3.8) is 0 Å². The Labute approximate surface area is 200 Å². The van der Waals surface area contributed by atoms with Crippen molar-refractivity contribution in [2.75, 3.05) is 5.32 Å². The molecule has 4 aromatic rings. The third-order valence-electron chi connectivity index (χ3n) is 7.39. The summed E-state index contributed by atoms with van der Waals surface area (Å²) in [5, 5.41) is 4.84. The van der Waals surface area contributed by atoms with Crippen LogP contribution in [0.3, 0.4) is 0 Å². The van der Waals surface area contributed by atoms with E-state index in [9.17, 15) is 4.79 Å². The molecule has 0 radical (unpaired) electrons. The van der Waals surface area contributed by atoms with Gasteiger partial charge in [-0.2, -0.15) is 0 Å². The number of fused-ring (bicyclic) bond motifs is 4. The average Bonchev–Trinajstić information content (AvgIpc) is 2.88. The number of rotatable bonds is 3. The first-order valence-corrected chi connectivity index (χ1v) is 12.2. The van der Waals surface area contributed by atoms with Crippen molar-refractivity contribution in [3.05, 3.63) is 113 Å². The van der Waals surface area contributed by atoms with Crippen LogP contribution in [-0.4, -0.2) is 10.8 Å². The summed E-state index contributed by atoms with van der Waals surface area (Å²) in [5.41, 5.74) is 8.97. The second kappa shape index (κ2) is 8.25. The molecule has 0 bridgehead atoms. The van der Waals surface area contributed by atoms with Gasteiger partial charge in [0.15, 0.2) is 5.78 Å². The summed E-state index contributed by atoms with van der Waals surface area (Å²) in [6.07, 6.45) is 3.23. The van der Waals surface area contributed by atoms with Crippen molar-refractivity contribution in [1.29, 1.82) is 0 Å². The third kappa shape index (κ3) is 3.43. The number of allylic oxidation sites excluding steroid dienone is 1. The summed E-state index contributed by atoms with van der Waals surface area (Å²) in [5.74, 6) is 0.909. The smallest absolute Gasteiger partial charge is 0.162 e. The highest BCUT2D eigenvalue weighted by Gasteiger charge is 2.38. The first-order chi connectivity index (χ1) is 16.6. The molecule has 1 N–H and O–H groups in total. The van der Waals surface area contributed by atoms with Crippen molar-refractivity contribution >= 4 is 27.9 Å². The number of hydrogen-bond acceptors (Lipinski definition) is 3. The molecule has 0 spiro atoms. The van der Waals surface area contributed by atoms with Gasteiger partial charge in [0.1, 0.15) is 0 Å². The third-order valence-corrected chi connectivity index (χ3v) is 7.39. The molecule has 1 aliphatic heterocycles. The van der Waals surface area contributed by atoms with E-state index in [-0.39, 0.29) is 17.7 Å². The van der Waals surface area contributed by atoms with E-state index in [1.54, 1.807) is 0 Å². The molecule has 3 heteroatoms. The first-order valence-electron chi connectivity index (χ1n) is 12.2. The minimum absolute atomic E-state index is 0.137. The van der Waals surface area contributed by atoms with Crippen LogP contribution in [0.2, 0.25) is 0 Å². The predicted octanol–water partition coefficient (Wildman–Crippen LogP) is 7.43. The van der Waals surface area contributed by atoms with Gasteiger partial charge in [-0.05, 0) is 58.7 Å². The number of anilines is 1. The van der Waals surface area contributed by atoms with Crippen LogP contribution in [-0.2, 0) is 4.79 Å². The number of aromatic nitrogens is 1. The van der Waals surface area contributed by atoms with E-state index in [0.29, 0.717) is 12.3 Å². The summed E-state index contributed by atoms with van der Waals surface area (Å²) < 4.78 is 0. The predicted molar refractivity (Wildman–Crippen MR) is 139 cm³/mol. The van der Waals surface area contributed by atoms with Crippen molar-refractivity contribution in [3.8, 4) is 0 Å². The largest absolute Gasteiger partial charge is 0.373 e. The number of ketones is 1. The maximum absolute atomic E-state index is 13.8. The van der Waals surface area contributed by atoms with Crippen LogP contribution in [0.5, 0.6) is 0 Å². The second-order valence-electron chi connectivity index (χ2n) is 9.79. The Bertz CT molecular complexity index is 1420. The fourth-order valence-electron chi connectivity index (χ4n) is 5.61. The number of benzene rings is 3. The Kier molecular flexibility index (Phi) is 5.06. The number of nitrogens with one attached hydrogen (secondary N) is 1. The molecule has 2 heterocycles. The summed E-state index contributed by atoms with van der Waals surface area (Å²) in [6.45, 7) is 4.41. The minimum Gasteiger partial charge on any atom is -0.373 e. The molecular weight excluding hydrogens is 416 g/mol. The molecular formula is C31H28N2O. The van der Waals surface area contributed by atoms with E-state index in [4.69, 9.17) is 0 Å². The van der Waals surface area contributed by atoms with Gasteiger partial charge in [-0.1, -0.05) is 74.5 Å². The van der Waals surface area contributed by atoms with Crippen molar-refractivity contribution in [2.24, 2.45) is 0 Å². The molecule has 6 rings (SSSR count). The van der Waals surface area contributed by atoms with Gasteiger partial charge < -0.3 is 5.32 Å². The quantitative estimate of drug-likeness (QED) is 0.357. The van der Waals surface area contributed by atoms with Gasteiger partial charge in [0.05, 0.1) is 11.6 Å². The molecule has 34 heavy (non-hydrogen) atoms. The lowest BCUT2D eigenvalue weighted by atomic mass is 9.71. The Balaban J connectivity index is 1.54. The number of Topliss-reactive ketones (excluding diaryl/α,β-unsaturated/α-hetero) is 1. The minimum atomic E-state index is -0.137. The van der Waals surface area contributed by atoms with Gasteiger partial charge >= 0.3 is 0 Å². The van der Waals surface area contributed by atoms with Crippen LogP contribution < -0.4 is 5.32 Å². The lowest BCUT2D eigenvalue weighted by molar-refractivity contribution is -0.116. The zero-order valence-corrected chi connectivity index (χ0v) is 19.6. The van der Waals surface area contributed by atoms with Gasteiger partial charge in [-0.15, -0.1) is 0 Å². The first kappa shape index (κ1) is 20.9. The normalized spacial score (nSPS) is 19.7. The molecule has 3 aromatic carbocycles. The van der Waals surface area contributed by atoms with Crippen LogP contribution >= 0.6 is 0 Å². The fourth-order valence-corrected chi connectivity index (χ4v) is 5.61. The molecule has 0 saturated heterocycles. The standard InChI is InChI=1S/C31H28N2O/c1-19(2)20-10-12-22(13-11-20)31-30-25(17-23(18-28(30)34)21-7-4-3-5-8-21)29-24-9-6-16-32-26(24)14-15-27(29)33-31/h3-16,19,23,31,33H,17-18H2,1-2H3/t23-,31-/m0/s1. The van der Waals surface area contributed by atoms with Crippen LogP contribution in [0.1, 0.15) is 66.8 Å². The van der Waals surface area contributed by atoms with Crippen LogP contribution in [0.25, 0.3) is 16.5 Å². The van der Waals surface area contributed by atoms with E-state index < -0.39 is 0 Å². The Morgan fingerprint density at radius 1 is 0.853 bits per heavy atom. The van der Waals surface area contributed by atoms with Gasteiger partial charge in [-0.25, -0.2) is 0 Å². The fraction of sp³-hybridized carbons (Fsp3) is 0.226. The Morgan fingerprint density at radius 2 is 1.65 bits per heavy atom. The molecule has 0 saturated carbocycles. The number of nitrogens with zero attached hydrogens (tertiary/aromatic N) is 1. The van der Waals surface area contributed by atoms with Crippen LogP contribution in [0.15, 0.2) is 90.6 Å². The van der Waals surface area contributed by atoms with Gasteiger partial charge in [0.2, 0.25) is 0 Å². The van der Waals surface area contributed by atoms with E-state index >= 15 is 0 Å². The Morgan fingerprint density at radius 3 is 2.41 bits per heavy atom. The summed E-state index contributed by atoms with van der Waals surface area (Å²) >= 11 is 0. The number of pyridine rings is 1. The van der Waals surface area contributed by atoms with Crippen LogP contribution in [0, 0.1) is 0 Å². The lowest BCUT2D eigenvalue weighted by Gasteiger charge is -2.37. The van der Waals surface area contributed by atoms with E-state index in [1.165, 1.54) is 16.7 Å².